The molecule has 0 unspecified atom stereocenters. The van der Waals surface area contributed by atoms with Crippen molar-refractivity contribution in [2.24, 2.45) is 14.1 Å². The van der Waals surface area contributed by atoms with Crippen LogP contribution < -0.4 is 4.90 Å². The molecule has 0 aromatic carbocycles. The summed E-state index contributed by atoms with van der Waals surface area (Å²) in [4.78, 5) is 6.98. The summed E-state index contributed by atoms with van der Waals surface area (Å²) in [5.74, 6) is 0. The van der Waals surface area contributed by atoms with Gasteiger partial charge >= 0.3 is 0 Å². The molecule has 0 fully saturated rings. The van der Waals surface area contributed by atoms with Crippen LogP contribution >= 0.6 is 11.3 Å². The number of anilines is 1. The summed E-state index contributed by atoms with van der Waals surface area (Å²) >= 11 is 1.68. The van der Waals surface area contributed by atoms with Crippen LogP contribution in [0.2, 0.25) is 0 Å². The molecule has 0 saturated carbocycles. The quantitative estimate of drug-likeness (QED) is 0.692. The van der Waals surface area contributed by atoms with Crippen molar-refractivity contribution in [2.45, 2.75) is 13.5 Å². The second-order valence-corrected chi connectivity index (χ2v) is 6.27. The Balaban J connectivity index is 1.90. The fourth-order valence-electron chi connectivity index (χ4n) is 2.43. The molecule has 3 aromatic rings. The third-order valence-electron chi connectivity index (χ3n) is 3.50. The number of nitrogens with zero attached hydrogens (tertiary/aromatic N) is 6. The van der Waals surface area contributed by atoms with Crippen LogP contribution in [-0.2, 0) is 25.4 Å². The first-order chi connectivity index (χ1) is 10.6. The number of thiazole rings is 1. The zero-order valence-corrected chi connectivity index (χ0v) is 14.1. The standard InChI is InChI=1S/C14H20N6OS/c1-10-12-13(19(3)17-10)16-14(22-12)20(5-6-21-4)9-11-7-15-18(2)8-11/h7-8H,5-6,9H2,1-4H3. The molecule has 0 amide bonds. The molecule has 0 N–H and O–H groups in total. The van der Waals surface area contributed by atoms with Crippen molar-refractivity contribution in [1.82, 2.24) is 24.5 Å². The molecule has 0 aliphatic rings. The van der Waals surface area contributed by atoms with E-state index >= 15 is 0 Å². The largest absolute Gasteiger partial charge is 0.383 e. The van der Waals surface area contributed by atoms with E-state index in [1.165, 1.54) is 0 Å². The van der Waals surface area contributed by atoms with Crippen LogP contribution in [0, 0.1) is 6.92 Å². The molecule has 3 rings (SSSR count). The van der Waals surface area contributed by atoms with Gasteiger partial charge in [-0.25, -0.2) is 9.67 Å². The monoisotopic (exact) mass is 320 g/mol. The van der Waals surface area contributed by atoms with Crippen molar-refractivity contribution in [2.75, 3.05) is 25.2 Å². The van der Waals surface area contributed by atoms with Crippen molar-refractivity contribution in [3.05, 3.63) is 23.7 Å². The van der Waals surface area contributed by atoms with Crippen LogP contribution in [0.1, 0.15) is 11.3 Å². The van der Waals surface area contributed by atoms with Gasteiger partial charge in [0.25, 0.3) is 0 Å². The fraction of sp³-hybridized carbons (Fsp3) is 0.500. The Morgan fingerprint density at radius 2 is 2.18 bits per heavy atom. The Morgan fingerprint density at radius 1 is 1.36 bits per heavy atom. The molecule has 0 bridgehead atoms. The summed E-state index contributed by atoms with van der Waals surface area (Å²) in [6, 6.07) is 0. The lowest BCUT2D eigenvalue weighted by atomic mass is 10.3. The van der Waals surface area contributed by atoms with Crippen molar-refractivity contribution < 1.29 is 4.74 Å². The molecule has 0 atom stereocenters. The van der Waals surface area contributed by atoms with E-state index in [9.17, 15) is 0 Å². The van der Waals surface area contributed by atoms with Gasteiger partial charge in [-0.1, -0.05) is 11.3 Å². The summed E-state index contributed by atoms with van der Waals surface area (Å²) in [6.45, 7) is 4.24. The van der Waals surface area contributed by atoms with E-state index in [0.717, 1.165) is 39.8 Å². The summed E-state index contributed by atoms with van der Waals surface area (Å²) in [5, 5.41) is 9.63. The number of hydrogen-bond acceptors (Lipinski definition) is 6. The Bertz CT molecular complexity index is 739. The molecule has 22 heavy (non-hydrogen) atoms. The van der Waals surface area contributed by atoms with Crippen LogP contribution in [0.3, 0.4) is 0 Å². The van der Waals surface area contributed by atoms with Crippen LogP contribution in [0.15, 0.2) is 12.4 Å². The van der Waals surface area contributed by atoms with Gasteiger partial charge in [0, 0.05) is 46.1 Å². The third-order valence-corrected chi connectivity index (χ3v) is 4.71. The Morgan fingerprint density at radius 3 is 2.82 bits per heavy atom. The van der Waals surface area contributed by atoms with E-state index in [-0.39, 0.29) is 0 Å². The minimum atomic E-state index is 0.660. The van der Waals surface area contributed by atoms with Crippen LogP contribution in [0.5, 0.6) is 0 Å². The first-order valence-corrected chi connectivity index (χ1v) is 7.91. The Kier molecular flexibility index (Phi) is 4.12. The molecule has 8 heteroatoms. The maximum atomic E-state index is 5.24. The number of rotatable bonds is 6. The SMILES string of the molecule is COCCN(Cc1cnn(C)c1)c1nc2c(s1)c(C)nn2C. The third kappa shape index (κ3) is 2.84. The normalized spacial score (nSPS) is 11.5. The second-order valence-electron chi connectivity index (χ2n) is 5.29. The lowest BCUT2D eigenvalue weighted by molar-refractivity contribution is 0.205. The Hall–Kier alpha value is -1.93. The highest BCUT2D eigenvalue weighted by Gasteiger charge is 2.17. The maximum absolute atomic E-state index is 5.24. The van der Waals surface area contributed by atoms with E-state index in [1.807, 2.05) is 42.8 Å². The minimum absolute atomic E-state index is 0.660. The highest BCUT2D eigenvalue weighted by molar-refractivity contribution is 7.22. The second kappa shape index (κ2) is 6.05. The molecule has 0 saturated heterocycles. The molecular weight excluding hydrogens is 300 g/mol. The van der Waals surface area contributed by atoms with Crippen LogP contribution in [0.4, 0.5) is 5.13 Å². The summed E-state index contributed by atoms with van der Waals surface area (Å²) in [6.07, 6.45) is 3.92. The predicted octanol–water partition coefficient (Wildman–Crippen LogP) is 1.72. The van der Waals surface area contributed by atoms with E-state index in [2.05, 4.69) is 15.1 Å². The molecule has 7 nitrogen and oxygen atoms in total. The number of ether oxygens (including phenoxy) is 1. The first-order valence-electron chi connectivity index (χ1n) is 7.10. The van der Waals surface area contributed by atoms with Gasteiger partial charge in [0.2, 0.25) is 0 Å². The van der Waals surface area contributed by atoms with Crippen LogP contribution in [0.25, 0.3) is 10.3 Å². The first kappa shape index (κ1) is 15.0. The zero-order valence-electron chi connectivity index (χ0n) is 13.3. The molecule has 0 spiro atoms. The smallest absolute Gasteiger partial charge is 0.188 e. The molecule has 0 radical (unpaired) electrons. The Labute approximate surface area is 133 Å². The molecule has 118 valence electrons. The van der Waals surface area contributed by atoms with E-state index in [4.69, 9.17) is 9.72 Å². The number of fused-ring (bicyclic) bond motifs is 1. The van der Waals surface area contributed by atoms with Crippen molar-refractivity contribution in [3.8, 4) is 0 Å². The minimum Gasteiger partial charge on any atom is -0.383 e. The van der Waals surface area contributed by atoms with Gasteiger partial charge in [-0.05, 0) is 6.92 Å². The summed E-state index contributed by atoms with van der Waals surface area (Å²) in [5.41, 5.74) is 3.12. The lowest BCUT2D eigenvalue weighted by Gasteiger charge is -2.20. The average Bonchev–Trinajstić information content (AvgIpc) is 3.14. The molecule has 0 aliphatic carbocycles. The highest BCUT2D eigenvalue weighted by atomic mass is 32.1. The average molecular weight is 320 g/mol. The van der Waals surface area contributed by atoms with Gasteiger partial charge in [0.05, 0.1) is 23.2 Å². The molecule has 3 aromatic heterocycles. The summed E-state index contributed by atoms with van der Waals surface area (Å²) < 4.78 is 10.0. The molecule has 3 heterocycles. The zero-order chi connectivity index (χ0) is 15.7. The summed E-state index contributed by atoms with van der Waals surface area (Å²) in [7, 11) is 5.57. The van der Waals surface area contributed by atoms with Gasteiger partial charge in [0.15, 0.2) is 10.8 Å². The van der Waals surface area contributed by atoms with Gasteiger partial charge < -0.3 is 9.64 Å². The molecular formula is C14H20N6OS. The predicted molar refractivity (Wildman–Crippen MR) is 87.3 cm³/mol. The number of aryl methyl sites for hydroxylation is 3. The number of hydrogen-bond donors (Lipinski definition) is 0. The van der Waals surface area contributed by atoms with E-state index < -0.39 is 0 Å². The van der Waals surface area contributed by atoms with Crippen LogP contribution in [-0.4, -0.2) is 44.8 Å². The lowest BCUT2D eigenvalue weighted by Crippen LogP contribution is -2.26. The number of aromatic nitrogens is 5. The number of methoxy groups -OCH3 is 1. The van der Waals surface area contributed by atoms with Crippen molar-refractivity contribution >= 4 is 26.8 Å². The highest BCUT2D eigenvalue weighted by Crippen LogP contribution is 2.31. The van der Waals surface area contributed by atoms with Gasteiger partial charge in [-0.3, -0.25) is 4.68 Å². The van der Waals surface area contributed by atoms with Crippen molar-refractivity contribution in [1.29, 1.82) is 0 Å². The molecule has 0 aliphatic heterocycles. The maximum Gasteiger partial charge on any atom is 0.188 e. The van der Waals surface area contributed by atoms with Crippen molar-refractivity contribution in [3.63, 3.8) is 0 Å². The fourth-order valence-corrected chi connectivity index (χ4v) is 3.48. The van der Waals surface area contributed by atoms with E-state index in [0.29, 0.717) is 6.61 Å². The van der Waals surface area contributed by atoms with Gasteiger partial charge in [-0.2, -0.15) is 10.2 Å². The van der Waals surface area contributed by atoms with Gasteiger partial charge in [0.1, 0.15) is 0 Å². The topological polar surface area (TPSA) is 61.0 Å². The van der Waals surface area contributed by atoms with Gasteiger partial charge in [-0.15, -0.1) is 0 Å². The van der Waals surface area contributed by atoms with E-state index in [1.54, 1.807) is 18.4 Å².